The number of nitrogens with one attached hydrogen (secondary N) is 1. The second-order valence-electron chi connectivity index (χ2n) is 10.9. The maximum Gasteiger partial charge on any atom is 0.224 e. The first-order valence-electron chi connectivity index (χ1n) is 13.3. The molecule has 1 aromatic carbocycles. The first-order valence-corrected chi connectivity index (χ1v) is 13.3. The lowest BCUT2D eigenvalue weighted by Gasteiger charge is -2.37. The van der Waals surface area contributed by atoms with Crippen molar-refractivity contribution in [1.82, 2.24) is 9.88 Å². The molecule has 3 aliphatic rings. The van der Waals surface area contributed by atoms with Gasteiger partial charge in [0.2, 0.25) is 11.8 Å². The van der Waals surface area contributed by atoms with E-state index in [0.717, 1.165) is 41.1 Å². The van der Waals surface area contributed by atoms with Crippen molar-refractivity contribution in [3.63, 3.8) is 0 Å². The zero-order chi connectivity index (χ0) is 25.3. The minimum atomic E-state index is -0.497. The van der Waals surface area contributed by atoms with Crippen LogP contribution in [0.2, 0.25) is 0 Å². The van der Waals surface area contributed by atoms with Gasteiger partial charge >= 0.3 is 0 Å². The number of rotatable bonds is 5. The summed E-state index contributed by atoms with van der Waals surface area (Å²) in [7, 11) is 0. The first-order chi connectivity index (χ1) is 17.3. The van der Waals surface area contributed by atoms with E-state index in [-0.39, 0.29) is 24.7 Å². The van der Waals surface area contributed by atoms with Gasteiger partial charge in [-0.2, -0.15) is 0 Å². The van der Waals surface area contributed by atoms with Gasteiger partial charge in [0.1, 0.15) is 5.82 Å². The lowest BCUT2D eigenvalue weighted by molar-refractivity contribution is -0.187. The molecular formula is C28H38N4O4. The van der Waals surface area contributed by atoms with Gasteiger partial charge in [-0.15, -0.1) is 0 Å². The number of anilines is 2. The van der Waals surface area contributed by atoms with E-state index in [0.29, 0.717) is 51.0 Å². The van der Waals surface area contributed by atoms with E-state index in [1.165, 1.54) is 6.42 Å². The van der Waals surface area contributed by atoms with E-state index in [2.05, 4.69) is 37.1 Å². The summed E-state index contributed by atoms with van der Waals surface area (Å²) < 4.78 is 11.5. The van der Waals surface area contributed by atoms with E-state index >= 15 is 0 Å². The number of carbonyl (C=O) groups excluding carboxylic acids is 2. The molecule has 8 nitrogen and oxygen atoms in total. The molecule has 0 aliphatic carbocycles. The van der Waals surface area contributed by atoms with Crippen molar-refractivity contribution in [2.24, 2.45) is 11.8 Å². The van der Waals surface area contributed by atoms with Crippen LogP contribution < -0.4 is 10.2 Å². The maximum atomic E-state index is 12.6. The summed E-state index contributed by atoms with van der Waals surface area (Å²) in [6, 6.07) is 8.00. The van der Waals surface area contributed by atoms with Gasteiger partial charge in [0, 0.05) is 62.9 Å². The Hall–Kier alpha value is -2.71. The average Bonchev–Trinajstić information content (AvgIpc) is 3.30. The molecule has 194 valence electrons. The number of hydrogen-bond donors (Lipinski definition) is 1. The van der Waals surface area contributed by atoms with Crippen molar-refractivity contribution in [1.29, 1.82) is 0 Å². The summed E-state index contributed by atoms with van der Waals surface area (Å²) in [5.41, 5.74) is 2.81. The number of fused-ring (bicyclic) bond motifs is 1. The first kappa shape index (κ1) is 25.0. The van der Waals surface area contributed by atoms with Gasteiger partial charge in [0.25, 0.3) is 0 Å². The highest BCUT2D eigenvalue weighted by molar-refractivity contribution is 5.96. The normalized spacial score (nSPS) is 23.9. The highest BCUT2D eigenvalue weighted by Gasteiger charge is 2.40. The van der Waals surface area contributed by atoms with Crippen LogP contribution in [-0.4, -0.2) is 66.9 Å². The lowest BCUT2D eigenvalue weighted by Crippen LogP contribution is -2.47. The van der Waals surface area contributed by atoms with Crippen LogP contribution in [-0.2, 0) is 19.1 Å². The fraction of sp³-hybridized carbons (Fsp3) is 0.607. The number of aromatic nitrogens is 1. The highest BCUT2D eigenvalue weighted by atomic mass is 16.7. The number of hydrogen-bond acceptors (Lipinski definition) is 6. The van der Waals surface area contributed by atoms with E-state index < -0.39 is 5.79 Å². The molecule has 0 bridgehead atoms. The van der Waals surface area contributed by atoms with Gasteiger partial charge in [-0.05, 0) is 55.0 Å². The van der Waals surface area contributed by atoms with Crippen LogP contribution in [0.25, 0.3) is 10.9 Å². The Morgan fingerprint density at radius 3 is 2.44 bits per heavy atom. The summed E-state index contributed by atoms with van der Waals surface area (Å²) in [6.45, 7) is 11.2. The van der Waals surface area contributed by atoms with Gasteiger partial charge in [0.15, 0.2) is 5.79 Å². The monoisotopic (exact) mass is 494 g/mol. The molecule has 1 aromatic heterocycles. The standard InChI is InChI=1S/C28H38N4O4/c1-19-14-20(2)18-32(17-19)25-15-21(3)23-16-22(4-5-24(23)30-25)29-26(33)6-7-27(34)31-10-8-28(9-11-31)35-12-13-36-28/h4-5,15-16,19-20H,6-14,17-18H2,1-3H3,(H,29,33). The van der Waals surface area contributed by atoms with Crippen LogP contribution >= 0.6 is 0 Å². The molecule has 8 heteroatoms. The second kappa shape index (κ2) is 10.3. The van der Waals surface area contributed by atoms with Gasteiger partial charge in [-0.3, -0.25) is 9.59 Å². The molecule has 2 aromatic rings. The Kier molecular flexibility index (Phi) is 7.17. The number of amides is 2. The Morgan fingerprint density at radius 1 is 1.06 bits per heavy atom. The smallest absolute Gasteiger partial charge is 0.224 e. The zero-order valence-corrected chi connectivity index (χ0v) is 21.7. The minimum Gasteiger partial charge on any atom is -0.356 e. The molecule has 0 radical (unpaired) electrons. The Morgan fingerprint density at radius 2 is 1.75 bits per heavy atom. The number of likely N-dealkylation sites (tertiary alicyclic amines) is 1. The quantitative estimate of drug-likeness (QED) is 0.674. The summed E-state index contributed by atoms with van der Waals surface area (Å²) in [6.07, 6.45) is 3.00. The number of piperidine rings is 2. The topological polar surface area (TPSA) is 84.0 Å². The third kappa shape index (κ3) is 5.49. The van der Waals surface area contributed by atoms with Crippen molar-refractivity contribution in [3.05, 3.63) is 29.8 Å². The van der Waals surface area contributed by atoms with Crippen LogP contribution in [0, 0.1) is 18.8 Å². The SMILES string of the molecule is Cc1cc(N2CC(C)CC(C)C2)nc2ccc(NC(=O)CCC(=O)N3CCC4(CC3)OCCO4)cc12. The van der Waals surface area contributed by atoms with Crippen LogP contribution in [0.5, 0.6) is 0 Å². The molecule has 2 atom stereocenters. The van der Waals surface area contributed by atoms with Crippen molar-refractivity contribution in [3.8, 4) is 0 Å². The number of ether oxygens (including phenoxy) is 2. The van der Waals surface area contributed by atoms with Crippen LogP contribution in [0.4, 0.5) is 11.5 Å². The molecule has 5 rings (SSSR count). The highest BCUT2D eigenvalue weighted by Crippen LogP contribution is 2.32. The van der Waals surface area contributed by atoms with E-state index in [1.807, 2.05) is 23.1 Å². The van der Waals surface area contributed by atoms with E-state index in [1.54, 1.807) is 0 Å². The zero-order valence-electron chi connectivity index (χ0n) is 21.7. The Balaban J connectivity index is 1.16. The molecule has 1 N–H and O–H groups in total. The van der Waals surface area contributed by atoms with Crippen LogP contribution in [0.15, 0.2) is 24.3 Å². The van der Waals surface area contributed by atoms with E-state index in [9.17, 15) is 9.59 Å². The van der Waals surface area contributed by atoms with Crippen molar-refractivity contribution in [2.45, 2.75) is 58.7 Å². The van der Waals surface area contributed by atoms with Crippen LogP contribution in [0.3, 0.4) is 0 Å². The number of aryl methyl sites for hydroxylation is 1. The molecule has 1 spiro atoms. The largest absolute Gasteiger partial charge is 0.356 e. The predicted molar refractivity (Wildman–Crippen MR) is 140 cm³/mol. The minimum absolute atomic E-state index is 0.00503. The van der Waals surface area contributed by atoms with Crippen molar-refractivity contribution in [2.75, 3.05) is 49.6 Å². The average molecular weight is 495 g/mol. The summed E-state index contributed by atoms with van der Waals surface area (Å²) in [4.78, 5) is 34.4. The maximum absolute atomic E-state index is 12.6. The fourth-order valence-electron chi connectivity index (χ4n) is 5.95. The van der Waals surface area contributed by atoms with Crippen LogP contribution in [0.1, 0.15) is 51.5 Å². The lowest BCUT2D eigenvalue weighted by atomic mass is 9.92. The van der Waals surface area contributed by atoms with E-state index in [4.69, 9.17) is 14.5 Å². The molecular weight excluding hydrogens is 456 g/mol. The summed E-state index contributed by atoms with van der Waals surface area (Å²) >= 11 is 0. The van der Waals surface area contributed by atoms with Gasteiger partial charge in [0.05, 0.1) is 18.7 Å². The molecule has 3 saturated heterocycles. The van der Waals surface area contributed by atoms with Gasteiger partial charge in [-0.1, -0.05) is 13.8 Å². The molecule has 2 amide bonds. The molecule has 4 heterocycles. The molecule has 3 fully saturated rings. The predicted octanol–water partition coefficient (Wildman–Crippen LogP) is 4.11. The number of nitrogens with zero attached hydrogens (tertiary/aromatic N) is 3. The van der Waals surface area contributed by atoms with Crippen molar-refractivity contribution >= 4 is 34.2 Å². The van der Waals surface area contributed by atoms with Gasteiger partial charge < -0.3 is 24.6 Å². The fourth-order valence-corrected chi connectivity index (χ4v) is 5.95. The van der Waals surface area contributed by atoms with Gasteiger partial charge in [-0.25, -0.2) is 4.98 Å². The molecule has 36 heavy (non-hydrogen) atoms. The molecule has 0 saturated carbocycles. The number of pyridine rings is 1. The number of benzene rings is 1. The number of carbonyl (C=O) groups is 2. The Bertz CT molecular complexity index is 1110. The summed E-state index contributed by atoms with van der Waals surface area (Å²) in [5.74, 6) is 1.71. The Labute approximate surface area is 213 Å². The third-order valence-corrected chi connectivity index (χ3v) is 7.74. The molecule has 2 unspecified atom stereocenters. The molecule has 3 aliphatic heterocycles. The van der Waals surface area contributed by atoms with Crippen molar-refractivity contribution < 1.29 is 19.1 Å². The second-order valence-corrected chi connectivity index (χ2v) is 10.9. The third-order valence-electron chi connectivity index (χ3n) is 7.74. The summed E-state index contributed by atoms with van der Waals surface area (Å²) in [5, 5.41) is 3.99.